The number of fused-ring (bicyclic) bond motifs is 1. The van der Waals surface area contributed by atoms with E-state index in [4.69, 9.17) is 16.3 Å². The predicted molar refractivity (Wildman–Crippen MR) is 128 cm³/mol. The second-order valence-electron chi connectivity index (χ2n) is 7.32. The maximum atomic E-state index is 13.0. The Balaban J connectivity index is 1.58. The highest BCUT2D eigenvalue weighted by Crippen LogP contribution is 2.19. The molecule has 3 aromatic heterocycles. The molecule has 0 bridgehead atoms. The van der Waals surface area contributed by atoms with Crippen molar-refractivity contribution in [3.63, 3.8) is 0 Å². The van der Waals surface area contributed by atoms with Gasteiger partial charge in [0.05, 0.1) is 13.2 Å². The van der Waals surface area contributed by atoms with Gasteiger partial charge in [-0.3, -0.25) is 18.6 Å². The smallest absolute Gasteiger partial charge is 0.336 e. The van der Waals surface area contributed by atoms with Crippen LogP contribution in [0.15, 0.2) is 58.4 Å². The van der Waals surface area contributed by atoms with Crippen LogP contribution in [-0.4, -0.2) is 26.5 Å². The quantitative estimate of drug-likeness (QED) is 0.434. The zero-order valence-corrected chi connectivity index (χ0v) is 19.6. The number of aromatic nitrogens is 3. The van der Waals surface area contributed by atoms with E-state index in [0.717, 1.165) is 27.0 Å². The Morgan fingerprint density at radius 3 is 2.73 bits per heavy atom. The summed E-state index contributed by atoms with van der Waals surface area (Å²) in [5.41, 5.74) is 1.04. The van der Waals surface area contributed by atoms with Gasteiger partial charge in [0, 0.05) is 35.6 Å². The third-order valence-electron chi connectivity index (χ3n) is 4.99. The van der Waals surface area contributed by atoms with Crippen molar-refractivity contribution in [2.24, 2.45) is 0 Å². The van der Waals surface area contributed by atoms with Crippen LogP contribution in [-0.2, 0) is 13.1 Å². The highest BCUT2D eigenvalue weighted by Gasteiger charge is 2.18. The lowest BCUT2D eigenvalue weighted by atomic mass is 10.2. The second-order valence-corrected chi connectivity index (χ2v) is 8.79. The van der Waals surface area contributed by atoms with Crippen molar-refractivity contribution in [1.82, 2.24) is 19.3 Å². The summed E-state index contributed by atoms with van der Waals surface area (Å²) in [7, 11) is 0. The highest BCUT2D eigenvalue weighted by atomic mass is 35.5. The van der Waals surface area contributed by atoms with Crippen LogP contribution in [0.5, 0.6) is 5.88 Å². The molecule has 0 aliphatic rings. The molecule has 0 atom stereocenters. The van der Waals surface area contributed by atoms with Crippen LogP contribution in [0.2, 0.25) is 5.02 Å². The largest absolute Gasteiger partial charge is 0.478 e. The van der Waals surface area contributed by atoms with Crippen LogP contribution in [0.3, 0.4) is 0 Å². The summed E-state index contributed by atoms with van der Waals surface area (Å²) in [6.07, 6.45) is 3.10. The molecule has 1 aromatic carbocycles. The van der Waals surface area contributed by atoms with Crippen molar-refractivity contribution in [3.05, 3.63) is 96.2 Å². The molecule has 33 heavy (non-hydrogen) atoms. The van der Waals surface area contributed by atoms with E-state index in [-0.39, 0.29) is 19.0 Å². The molecule has 3 heterocycles. The summed E-state index contributed by atoms with van der Waals surface area (Å²) in [5.74, 6) is 0.177. The number of amides is 1. The Bertz CT molecular complexity index is 1440. The van der Waals surface area contributed by atoms with E-state index in [1.165, 1.54) is 10.6 Å². The van der Waals surface area contributed by atoms with E-state index in [1.54, 1.807) is 43.5 Å². The summed E-state index contributed by atoms with van der Waals surface area (Å²) in [4.78, 5) is 43.6. The number of halogens is 1. The topological polar surface area (TPSA) is 94.7 Å². The van der Waals surface area contributed by atoms with E-state index in [1.807, 2.05) is 13.0 Å². The van der Waals surface area contributed by atoms with E-state index < -0.39 is 11.2 Å². The zero-order chi connectivity index (χ0) is 23.5. The molecule has 0 unspecified atom stereocenters. The molecule has 0 spiro atoms. The summed E-state index contributed by atoms with van der Waals surface area (Å²) < 4.78 is 7.80. The molecule has 4 rings (SSSR count). The average molecular weight is 485 g/mol. The van der Waals surface area contributed by atoms with Gasteiger partial charge in [-0.2, -0.15) is 0 Å². The molecule has 1 amide bonds. The first-order chi connectivity index (χ1) is 15.9. The predicted octanol–water partition coefficient (Wildman–Crippen LogP) is 3.26. The minimum atomic E-state index is -0.508. The molecule has 0 aliphatic carbocycles. The number of carbonyl (C=O) groups is 1. The molecule has 4 aromatic rings. The van der Waals surface area contributed by atoms with Gasteiger partial charge in [0.2, 0.25) is 5.88 Å². The Kier molecular flexibility index (Phi) is 6.62. The van der Waals surface area contributed by atoms with Crippen LogP contribution >= 0.6 is 22.9 Å². The van der Waals surface area contributed by atoms with Crippen LogP contribution in [0.25, 0.3) is 4.83 Å². The van der Waals surface area contributed by atoms with Gasteiger partial charge in [-0.05, 0) is 37.1 Å². The maximum Gasteiger partial charge on any atom is 0.336 e. The summed E-state index contributed by atoms with van der Waals surface area (Å²) in [6, 6.07) is 10.5. The molecular formula is C23H21ClN4O4S. The number of aryl methyl sites for hydroxylation is 1. The van der Waals surface area contributed by atoms with Gasteiger partial charge < -0.3 is 10.1 Å². The number of benzene rings is 1. The number of nitrogens with one attached hydrogen (secondary N) is 1. The number of nitrogens with zero attached hydrogens (tertiary/aromatic N) is 3. The maximum absolute atomic E-state index is 13.0. The molecule has 8 nitrogen and oxygen atoms in total. The molecule has 0 saturated heterocycles. The van der Waals surface area contributed by atoms with Crippen molar-refractivity contribution in [3.8, 4) is 5.88 Å². The lowest BCUT2D eigenvalue weighted by Gasteiger charge is -2.08. The third kappa shape index (κ3) is 4.84. The number of rotatable bonds is 7. The van der Waals surface area contributed by atoms with Crippen molar-refractivity contribution in [1.29, 1.82) is 0 Å². The first kappa shape index (κ1) is 22.8. The monoisotopic (exact) mass is 484 g/mol. The van der Waals surface area contributed by atoms with Crippen molar-refractivity contribution < 1.29 is 9.53 Å². The number of thiazole rings is 1. The first-order valence-electron chi connectivity index (χ1n) is 10.2. The van der Waals surface area contributed by atoms with Gasteiger partial charge in [-0.25, -0.2) is 9.78 Å². The van der Waals surface area contributed by atoms with Gasteiger partial charge in [-0.15, -0.1) is 11.3 Å². The Labute approximate surface area is 198 Å². The average Bonchev–Trinajstić information content (AvgIpc) is 3.26. The highest BCUT2D eigenvalue weighted by molar-refractivity contribution is 7.19. The number of ether oxygens (including phenoxy) is 1. The fraction of sp³-hybridized carbons (Fsp3) is 0.217. The van der Waals surface area contributed by atoms with E-state index >= 15 is 0 Å². The van der Waals surface area contributed by atoms with Crippen LogP contribution in [0, 0.1) is 6.92 Å². The van der Waals surface area contributed by atoms with Crippen molar-refractivity contribution in [2.45, 2.75) is 26.9 Å². The second kappa shape index (κ2) is 9.60. The normalized spacial score (nSPS) is 11.0. The van der Waals surface area contributed by atoms with Crippen molar-refractivity contribution >= 4 is 33.7 Å². The Morgan fingerprint density at radius 2 is 2.03 bits per heavy atom. The SMILES string of the molecule is CCOc1ccc(CNC(=O)c2cn3c(=O)n(Cc4cccc(Cl)c4)c(=O)c(C)c3s2)cn1. The number of carbonyl (C=O) groups excluding carboxylic acids is 1. The molecule has 0 radical (unpaired) electrons. The molecular weight excluding hydrogens is 464 g/mol. The fourth-order valence-corrected chi connectivity index (χ4v) is 4.56. The lowest BCUT2D eigenvalue weighted by Crippen LogP contribution is -2.38. The molecule has 0 saturated carbocycles. The van der Waals surface area contributed by atoms with Gasteiger partial charge in [0.15, 0.2) is 0 Å². The van der Waals surface area contributed by atoms with Gasteiger partial charge in [0.1, 0.15) is 9.71 Å². The van der Waals surface area contributed by atoms with Crippen molar-refractivity contribution in [2.75, 3.05) is 6.61 Å². The van der Waals surface area contributed by atoms with Crippen LogP contribution < -0.4 is 21.3 Å². The number of pyridine rings is 1. The van der Waals surface area contributed by atoms with Crippen LogP contribution in [0.1, 0.15) is 33.3 Å². The molecule has 1 N–H and O–H groups in total. The molecule has 170 valence electrons. The molecule has 0 fully saturated rings. The summed E-state index contributed by atoms with van der Waals surface area (Å²) >= 11 is 7.13. The number of hydrogen-bond acceptors (Lipinski definition) is 6. The fourth-order valence-electron chi connectivity index (χ4n) is 3.35. The van der Waals surface area contributed by atoms with E-state index in [0.29, 0.717) is 32.8 Å². The molecule has 0 aliphatic heterocycles. The standard InChI is InChI=1S/C23H21ClN4O4S/c1-3-32-19-8-7-16(10-25-19)11-26-20(29)18-13-28-22(33-18)14(2)21(30)27(23(28)31)12-15-5-4-6-17(24)9-15/h4-10,13H,3,11-12H2,1-2H3,(H,26,29). The lowest BCUT2D eigenvalue weighted by molar-refractivity contribution is 0.0954. The minimum Gasteiger partial charge on any atom is -0.478 e. The number of hydrogen-bond donors (Lipinski definition) is 1. The van der Waals surface area contributed by atoms with Crippen LogP contribution in [0.4, 0.5) is 0 Å². The Hall–Kier alpha value is -3.43. The van der Waals surface area contributed by atoms with E-state index in [9.17, 15) is 14.4 Å². The minimum absolute atomic E-state index is 0.0874. The first-order valence-corrected chi connectivity index (χ1v) is 11.4. The zero-order valence-electron chi connectivity index (χ0n) is 18.0. The van der Waals surface area contributed by atoms with Gasteiger partial charge in [-0.1, -0.05) is 29.8 Å². The van der Waals surface area contributed by atoms with Gasteiger partial charge in [0.25, 0.3) is 11.5 Å². The van der Waals surface area contributed by atoms with E-state index in [2.05, 4.69) is 10.3 Å². The Morgan fingerprint density at radius 1 is 1.21 bits per heavy atom. The summed E-state index contributed by atoms with van der Waals surface area (Å²) in [5, 5.41) is 3.34. The van der Waals surface area contributed by atoms with Gasteiger partial charge >= 0.3 is 5.69 Å². The third-order valence-corrected chi connectivity index (χ3v) is 6.43. The molecule has 10 heteroatoms. The summed E-state index contributed by atoms with van der Waals surface area (Å²) in [6.45, 7) is 4.40.